The van der Waals surface area contributed by atoms with Crippen molar-refractivity contribution in [2.24, 2.45) is 0 Å². The van der Waals surface area contributed by atoms with Gasteiger partial charge in [0, 0.05) is 6.20 Å². The van der Waals surface area contributed by atoms with Crippen LogP contribution < -0.4 is 0 Å². The lowest BCUT2D eigenvalue weighted by atomic mass is 10.3. The number of carboxylic acids is 1. The van der Waals surface area contributed by atoms with Crippen molar-refractivity contribution in [2.75, 3.05) is 0 Å². The first-order valence-corrected chi connectivity index (χ1v) is 4.82. The molecule has 0 bridgehead atoms. The molecule has 0 saturated heterocycles. The summed E-state index contributed by atoms with van der Waals surface area (Å²) in [5.41, 5.74) is 0.724. The molecule has 0 amide bonds. The maximum absolute atomic E-state index is 10.7. The van der Waals surface area contributed by atoms with E-state index in [0.29, 0.717) is 10.1 Å². The third-order valence-corrected chi connectivity index (χ3v) is 2.59. The standard InChI is InChI=1S/C8H4BrClN2O2/c9-6-3-12-4(2-11-6)1-5(7(12)10)8(13)14/h1-3H,(H,13,14). The van der Waals surface area contributed by atoms with E-state index in [-0.39, 0.29) is 10.7 Å². The SMILES string of the molecule is O=C(O)c1cc2cnc(Br)cn2c1Cl. The molecular weight excluding hydrogens is 271 g/mol. The van der Waals surface area contributed by atoms with Crippen molar-refractivity contribution in [1.29, 1.82) is 0 Å². The van der Waals surface area contributed by atoms with Crippen LogP contribution in [0.25, 0.3) is 5.52 Å². The van der Waals surface area contributed by atoms with E-state index in [9.17, 15) is 4.79 Å². The summed E-state index contributed by atoms with van der Waals surface area (Å²) in [7, 11) is 0. The summed E-state index contributed by atoms with van der Waals surface area (Å²) < 4.78 is 2.15. The number of fused-ring (bicyclic) bond motifs is 1. The van der Waals surface area contributed by atoms with Crippen molar-refractivity contribution >= 4 is 39.0 Å². The summed E-state index contributed by atoms with van der Waals surface area (Å²) in [4.78, 5) is 14.7. The van der Waals surface area contributed by atoms with Gasteiger partial charge in [0.2, 0.25) is 0 Å². The van der Waals surface area contributed by atoms with Crippen LogP contribution in [-0.4, -0.2) is 20.5 Å². The van der Waals surface area contributed by atoms with E-state index < -0.39 is 5.97 Å². The van der Waals surface area contributed by atoms with Gasteiger partial charge in [-0.15, -0.1) is 0 Å². The molecule has 1 N–H and O–H groups in total. The molecule has 0 aliphatic carbocycles. The molecule has 2 heterocycles. The van der Waals surface area contributed by atoms with Gasteiger partial charge in [-0.2, -0.15) is 0 Å². The summed E-state index contributed by atoms with van der Waals surface area (Å²) in [6, 6.07) is 1.48. The van der Waals surface area contributed by atoms with Gasteiger partial charge < -0.3 is 9.51 Å². The van der Waals surface area contributed by atoms with Crippen molar-refractivity contribution in [3.05, 3.63) is 33.8 Å². The number of rotatable bonds is 1. The van der Waals surface area contributed by atoms with Crippen molar-refractivity contribution in [1.82, 2.24) is 9.38 Å². The van der Waals surface area contributed by atoms with Crippen molar-refractivity contribution in [2.45, 2.75) is 0 Å². The Kier molecular flexibility index (Phi) is 2.20. The van der Waals surface area contributed by atoms with Gasteiger partial charge in [0.25, 0.3) is 0 Å². The number of aromatic carboxylic acids is 1. The van der Waals surface area contributed by atoms with Crippen LogP contribution in [0, 0.1) is 0 Å². The van der Waals surface area contributed by atoms with Crippen molar-refractivity contribution in [3.8, 4) is 0 Å². The topological polar surface area (TPSA) is 54.6 Å². The first-order chi connectivity index (χ1) is 6.59. The van der Waals surface area contributed by atoms with Crippen molar-refractivity contribution in [3.63, 3.8) is 0 Å². The first kappa shape index (κ1) is 9.48. The maximum atomic E-state index is 10.7. The fraction of sp³-hybridized carbons (Fsp3) is 0. The minimum Gasteiger partial charge on any atom is -0.478 e. The largest absolute Gasteiger partial charge is 0.478 e. The molecule has 2 aromatic heterocycles. The second-order valence-electron chi connectivity index (χ2n) is 2.66. The fourth-order valence-electron chi connectivity index (χ4n) is 1.17. The maximum Gasteiger partial charge on any atom is 0.338 e. The van der Waals surface area contributed by atoms with Crippen LogP contribution in [0.3, 0.4) is 0 Å². The van der Waals surface area contributed by atoms with Crippen LogP contribution in [0.5, 0.6) is 0 Å². The quantitative estimate of drug-likeness (QED) is 0.870. The van der Waals surface area contributed by atoms with E-state index in [1.165, 1.54) is 6.07 Å². The zero-order valence-corrected chi connectivity index (χ0v) is 9.08. The van der Waals surface area contributed by atoms with Gasteiger partial charge in [0.15, 0.2) is 0 Å². The average molecular weight is 275 g/mol. The third-order valence-electron chi connectivity index (χ3n) is 1.79. The Morgan fingerprint density at radius 3 is 3.00 bits per heavy atom. The van der Waals surface area contributed by atoms with Gasteiger partial charge in [-0.25, -0.2) is 9.78 Å². The average Bonchev–Trinajstić information content (AvgIpc) is 2.44. The molecule has 2 rings (SSSR count). The van der Waals surface area contributed by atoms with E-state index in [0.717, 1.165) is 0 Å². The highest BCUT2D eigenvalue weighted by Crippen LogP contribution is 2.22. The molecular formula is C8H4BrClN2O2. The van der Waals surface area contributed by atoms with Crippen LogP contribution in [-0.2, 0) is 0 Å². The van der Waals surface area contributed by atoms with Crippen LogP contribution in [0.4, 0.5) is 0 Å². The lowest BCUT2D eigenvalue weighted by Crippen LogP contribution is -1.94. The molecule has 0 saturated carbocycles. The van der Waals surface area contributed by atoms with Crippen molar-refractivity contribution < 1.29 is 9.90 Å². The van der Waals surface area contributed by atoms with E-state index in [4.69, 9.17) is 16.7 Å². The van der Waals surface area contributed by atoms with Gasteiger partial charge in [-0.05, 0) is 22.0 Å². The Hall–Kier alpha value is -1.07. The van der Waals surface area contributed by atoms with Gasteiger partial charge >= 0.3 is 5.97 Å². The lowest BCUT2D eigenvalue weighted by Gasteiger charge is -1.96. The number of hydrogen-bond donors (Lipinski definition) is 1. The number of hydrogen-bond acceptors (Lipinski definition) is 2. The third kappa shape index (κ3) is 1.38. The van der Waals surface area contributed by atoms with Gasteiger partial charge in [0.05, 0.1) is 17.3 Å². The Morgan fingerprint density at radius 2 is 2.36 bits per heavy atom. The van der Waals surface area contributed by atoms with E-state index in [1.807, 2.05) is 0 Å². The molecule has 0 unspecified atom stereocenters. The Morgan fingerprint density at radius 1 is 1.64 bits per heavy atom. The Balaban J connectivity index is 2.80. The smallest absolute Gasteiger partial charge is 0.338 e. The highest BCUT2D eigenvalue weighted by atomic mass is 79.9. The molecule has 72 valence electrons. The molecule has 0 radical (unpaired) electrons. The van der Waals surface area contributed by atoms with E-state index in [2.05, 4.69) is 20.9 Å². The first-order valence-electron chi connectivity index (χ1n) is 3.65. The summed E-state index contributed by atoms with van der Waals surface area (Å²) in [6.07, 6.45) is 3.16. The number of aromatic nitrogens is 2. The van der Waals surface area contributed by atoms with E-state index >= 15 is 0 Å². The Labute approximate surface area is 92.3 Å². The molecule has 0 aliphatic rings. The molecule has 2 aromatic rings. The highest BCUT2D eigenvalue weighted by Gasteiger charge is 2.14. The highest BCUT2D eigenvalue weighted by molar-refractivity contribution is 9.10. The number of carboxylic acid groups (broad SMARTS) is 1. The molecule has 0 aliphatic heterocycles. The van der Waals surface area contributed by atoms with Crippen LogP contribution in [0.15, 0.2) is 23.1 Å². The molecule has 0 aromatic carbocycles. The van der Waals surface area contributed by atoms with Gasteiger partial charge in [-0.3, -0.25) is 0 Å². The normalized spacial score (nSPS) is 10.7. The minimum absolute atomic E-state index is 0.0755. The summed E-state index contributed by atoms with van der Waals surface area (Å²) in [5.74, 6) is -1.05. The van der Waals surface area contributed by atoms with Crippen LogP contribution >= 0.6 is 27.5 Å². The second-order valence-corrected chi connectivity index (χ2v) is 3.83. The molecule has 6 heteroatoms. The fourth-order valence-corrected chi connectivity index (χ4v) is 1.76. The monoisotopic (exact) mass is 274 g/mol. The zero-order chi connectivity index (χ0) is 10.3. The molecule has 0 atom stereocenters. The van der Waals surface area contributed by atoms with Gasteiger partial charge in [-0.1, -0.05) is 11.6 Å². The predicted molar refractivity (Wildman–Crippen MR) is 54.9 cm³/mol. The number of carbonyl (C=O) groups is 1. The van der Waals surface area contributed by atoms with Gasteiger partial charge in [0.1, 0.15) is 9.76 Å². The predicted octanol–water partition coefficient (Wildman–Crippen LogP) is 2.45. The second kappa shape index (κ2) is 3.25. The molecule has 4 nitrogen and oxygen atoms in total. The summed E-state index contributed by atoms with van der Waals surface area (Å²) in [6.45, 7) is 0. The summed E-state index contributed by atoms with van der Waals surface area (Å²) >= 11 is 9.03. The lowest BCUT2D eigenvalue weighted by molar-refractivity contribution is 0.0697. The Bertz CT molecular complexity index is 523. The number of nitrogens with zero attached hydrogens (tertiary/aromatic N) is 2. The zero-order valence-electron chi connectivity index (χ0n) is 6.74. The van der Waals surface area contributed by atoms with Crippen LogP contribution in [0.1, 0.15) is 10.4 Å². The van der Waals surface area contributed by atoms with Crippen LogP contribution in [0.2, 0.25) is 5.15 Å². The minimum atomic E-state index is -1.05. The summed E-state index contributed by atoms with van der Waals surface area (Å²) in [5, 5.41) is 8.98. The molecule has 0 spiro atoms. The number of halogens is 2. The van der Waals surface area contributed by atoms with E-state index in [1.54, 1.807) is 16.8 Å². The molecule has 14 heavy (non-hydrogen) atoms. The molecule has 0 fully saturated rings.